The molecule has 0 saturated heterocycles. The maximum Gasteiger partial charge on any atom is 0.292 e. The van der Waals surface area contributed by atoms with Crippen LogP contribution in [0.2, 0.25) is 5.15 Å². The maximum absolute atomic E-state index is 13.1. The minimum atomic E-state index is -3.90. The quantitative estimate of drug-likeness (QED) is 0.231. The van der Waals surface area contributed by atoms with Crippen molar-refractivity contribution in [2.75, 3.05) is 5.32 Å². The summed E-state index contributed by atoms with van der Waals surface area (Å²) in [4.78, 5) is 17.4. The zero-order valence-corrected chi connectivity index (χ0v) is 20.1. The minimum absolute atomic E-state index is 0.0109. The number of hydrogen-bond acceptors (Lipinski definition) is 5. The fourth-order valence-corrected chi connectivity index (χ4v) is 4.56. The Bertz CT molecular complexity index is 1560. The Morgan fingerprint density at radius 2 is 1.74 bits per heavy atom. The molecule has 0 aliphatic rings. The van der Waals surface area contributed by atoms with Gasteiger partial charge in [0, 0.05) is 22.5 Å². The van der Waals surface area contributed by atoms with Crippen LogP contribution >= 0.6 is 11.6 Å². The van der Waals surface area contributed by atoms with Crippen molar-refractivity contribution in [3.8, 4) is 16.8 Å². The molecule has 0 radical (unpaired) electrons. The molecule has 4 aromatic rings. The zero-order valence-electron chi connectivity index (χ0n) is 18.5. The van der Waals surface area contributed by atoms with E-state index in [2.05, 4.69) is 10.3 Å². The molecule has 0 fully saturated rings. The van der Waals surface area contributed by atoms with E-state index in [1.807, 2.05) is 0 Å². The first-order valence-corrected chi connectivity index (χ1v) is 12.2. The summed E-state index contributed by atoms with van der Waals surface area (Å²) < 4.78 is 25.3. The molecule has 4 rings (SSSR count). The fourth-order valence-electron chi connectivity index (χ4n) is 3.58. The van der Waals surface area contributed by atoms with Crippen molar-refractivity contribution in [2.24, 2.45) is 10.9 Å². The SMILES string of the molecule is Cc1nc(C(=O)Nc2ccc(-c3ccccc3S(N)(=O)=O)cc2)n(-c2cccc(C(=N)N)c2)c1Cl. The third-order valence-corrected chi connectivity index (χ3v) is 6.66. The molecule has 6 N–H and O–H groups in total. The second-order valence-electron chi connectivity index (χ2n) is 7.68. The number of nitrogens with one attached hydrogen (secondary N) is 2. The summed E-state index contributed by atoms with van der Waals surface area (Å²) >= 11 is 6.44. The van der Waals surface area contributed by atoms with Crippen LogP contribution in [0, 0.1) is 12.3 Å². The molecule has 0 atom stereocenters. The van der Waals surface area contributed by atoms with Crippen LogP contribution in [0.5, 0.6) is 0 Å². The number of imidazole rings is 1. The number of aryl methyl sites for hydroxylation is 1. The number of nitrogens with zero attached hydrogens (tertiary/aromatic N) is 2. The Labute approximate surface area is 206 Å². The van der Waals surface area contributed by atoms with Gasteiger partial charge in [-0.15, -0.1) is 0 Å². The number of nitrogens with two attached hydrogens (primary N) is 2. The van der Waals surface area contributed by atoms with Crippen molar-refractivity contribution in [3.05, 3.63) is 95.0 Å². The molecule has 1 heterocycles. The number of carbonyl (C=O) groups excluding carboxylic acids is 1. The van der Waals surface area contributed by atoms with Crippen LogP contribution in [0.3, 0.4) is 0 Å². The summed E-state index contributed by atoms with van der Waals surface area (Å²) in [5.74, 6) is -0.572. The van der Waals surface area contributed by atoms with Crippen LogP contribution in [0.1, 0.15) is 21.9 Å². The highest BCUT2D eigenvalue weighted by molar-refractivity contribution is 7.89. The number of benzene rings is 3. The van der Waals surface area contributed by atoms with E-state index in [9.17, 15) is 13.2 Å². The predicted octanol–water partition coefficient (Wildman–Crippen LogP) is 3.68. The maximum atomic E-state index is 13.1. The number of carbonyl (C=O) groups is 1. The van der Waals surface area contributed by atoms with E-state index in [4.69, 9.17) is 27.9 Å². The van der Waals surface area contributed by atoms with Crippen LogP contribution in [0.15, 0.2) is 77.7 Å². The van der Waals surface area contributed by atoms with Crippen molar-refractivity contribution in [3.63, 3.8) is 0 Å². The van der Waals surface area contributed by atoms with Crippen LogP contribution in [0.4, 0.5) is 5.69 Å². The second kappa shape index (κ2) is 9.34. The van der Waals surface area contributed by atoms with Gasteiger partial charge < -0.3 is 11.1 Å². The molecular weight excluding hydrogens is 488 g/mol. The average Bonchev–Trinajstić information content (AvgIpc) is 3.13. The summed E-state index contributed by atoms with van der Waals surface area (Å²) in [5, 5.41) is 16.0. The number of sulfonamides is 1. The van der Waals surface area contributed by atoms with Gasteiger partial charge in [-0.05, 0) is 42.8 Å². The molecule has 0 unspecified atom stereocenters. The van der Waals surface area contributed by atoms with Gasteiger partial charge >= 0.3 is 0 Å². The number of halogens is 1. The van der Waals surface area contributed by atoms with Gasteiger partial charge in [-0.2, -0.15) is 0 Å². The third kappa shape index (κ3) is 4.94. The lowest BCUT2D eigenvalue weighted by molar-refractivity contribution is 0.101. The van der Waals surface area contributed by atoms with Gasteiger partial charge in [-0.25, -0.2) is 18.5 Å². The predicted molar refractivity (Wildman–Crippen MR) is 136 cm³/mol. The van der Waals surface area contributed by atoms with Crippen LogP contribution < -0.4 is 16.2 Å². The highest BCUT2D eigenvalue weighted by Gasteiger charge is 2.21. The van der Waals surface area contributed by atoms with E-state index in [0.717, 1.165) is 0 Å². The molecule has 11 heteroatoms. The lowest BCUT2D eigenvalue weighted by Crippen LogP contribution is -2.18. The molecule has 9 nitrogen and oxygen atoms in total. The molecule has 3 aromatic carbocycles. The topological polar surface area (TPSA) is 157 Å². The van der Waals surface area contributed by atoms with Crippen LogP contribution in [-0.2, 0) is 10.0 Å². The molecule has 0 spiro atoms. The number of rotatable bonds is 6. The lowest BCUT2D eigenvalue weighted by Gasteiger charge is -2.12. The lowest BCUT2D eigenvalue weighted by atomic mass is 10.1. The number of anilines is 1. The van der Waals surface area contributed by atoms with Crippen molar-refractivity contribution in [1.29, 1.82) is 5.41 Å². The summed E-state index contributed by atoms with van der Waals surface area (Å²) in [5.41, 5.74) is 8.60. The van der Waals surface area contributed by atoms with Crippen molar-refractivity contribution in [2.45, 2.75) is 11.8 Å². The fraction of sp³-hybridized carbons (Fsp3) is 0.0417. The number of amides is 1. The first-order chi connectivity index (χ1) is 16.6. The summed E-state index contributed by atoms with van der Waals surface area (Å²) in [7, 11) is -3.90. The summed E-state index contributed by atoms with van der Waals surface area (Å²) in [6.07, 6.45) is 0. The van der Waals surface area contributed by atoms with Gasteiger partial charge in [-0.3, -0.25) is 14.8 Å². The van der Waals surface area contributed by atoms with Gasteiger partial charge in [0.05, 0.1) is 10.6 Å². The van der Waals surface area contributed by atoms with E-state index in [1.54, 1.807) is 73.7 Å². The van der Waals surface area contributed by atoms with E-state index >= 15 is 0 Å². The van der Waals surface area contributed by atoms with Crippen LogP contribution in [0.25, 0.3) is 16.8 Å². The first-order valence-electron chi connectivity index (χ1n) is 10.3. The molecule has 0 saturated carbocycles. The van der Waals surface area contributed by atoms with Crippen molar-refractivity contribution < 1.29 is 13.2 Å². The van der Waals surface area contributed by atoms with E-state index < -0.39 is 15.9 Å². The number of aromatic nitrogens is 2. The largest absolute Gasteiger partial charge is 0.384 e. The Morgan fingerprint density at radius 3 is 2.40 bits per heavy atom. The Balaban J connectivity index is 1.65. The van der Waals surface area contributed by atoms with E-state index in [-0.39, 0.29) is 21.7 Å². The number of nitrogen functional groups attached to an aromatic ring is 1. The Kier molecular flexibility index (Phi) is 6.44. The average molecular weight is 509 g/mol. The van der Waals surface area contributed by atoms with E-state index in [1.165, 1.54) is 10.6 Å². The van der Waals surface area contributed by atoms with Gasteiger partial charge in [0.1, 0.15) is 11.0 Å². The first kappa shape index (κ1) is 24.1. The molecule has 178 valence electrons. The highest BCUT2D eigenvalue weighted by Crippen LogP contribution is 2.28. The zero-order chi connectivity index (χ0) is 25.3. The number of primary sulfonamides is 1. The van der Waals surface area contributed by atoms with Crippen LogP contribution in [-0.4, -0.2) is 29.7 Å². The standard InChI is InChI=1S/C24H21ClN6O3S/c1-14-21(25)31(18-6-4-5-16(13-18)22(26)27)23(29-14)24(32)30-17-11-9-15(10-12-17)19-7-2-3-8-20(19)35(28,33)34/h2-13H,1H3,(H3,26,27)(H,30,32)(H2,28,33,34). The number of hydrogen-bond donors (Lipinski definition) is 4. The van der Waals surface area contributed by atoms with Gasteiger partial charge in [0.25, 0.3) is 5.91 Å². The monoisotopic (exact) mass is 508 g/mol. The summed E-state index contributed by atoms with van der Waals surface area (Å²) in [6.45, 7) is 1.68. The Morgan fingerprint density at radius 1 is 1.06 bits per heavy atom. The minimum Gasteiger partial charge on any atom is -0.384 e. The molecule has 35 heavy (non-hydrogen) atoms. The number of amidine groups is 1. The van der Waals surface area contributed by atoms with Gasteiger partial charge in [-0.1, -0.05) is 54.1 Å². The molecule has 1 aromatic heterocycles. The van der Waals surface area contributed by atoms with Gasteiger partial charge in [0.2, 0.25) is 15.8 Å². The van der Waals surface area contributed by atoms with E-state index in [0.29, 0.717) is 33.8 Å². The third-order valence-electron chi connectivity index (χ3n) is 5.25. The summed E-state index contributed by atoms with van der Waals surface area (Å²) in [6, 6.07) is 19.8. The highest BCUT2D eigenvalue weighted by atomic mass is 35.5. The normalized spacial score (nSPS) is 11.3. The van der Waals surface area contributed by atoms with Crippen molar-refractivity contribution in [1.82, 2.24) is 9.55 Å². The van der Waals surface area contributed by atoms with Gasteiger partial charge in [0.15, 0.2) is 0 Å². The molecule has 0 bridgehead atoms. The second-order valence-corrected chi connectivity index (χ2v) is 9.57. The molecule has 0 aliphatic heterocycles. The molecule has 0 aliphatic carbocycles. The molecule has 1 amide bonds. The van der Waals surface area contributed by atoms with Crippen molar-refractivity contribution >= 4 is 39.1 Å². The smallest absolute Gasteiger partial charge is 0.292 e. The molecular formula is C24H21ClN6O3S. The Hall–Kier alpha value is -3.99.